The van der Waals surface area contributed by atoms with Crippen LogP contribution in [-0.2, 0) is 4.74 Å². The van der Waals surface area contributed by atoms with Gasteiger partial charge < -0.3 is 4.74 Å². The standard InChI is InChI=1S/C6H9NO/c1-8-6(4-7)5-2-3-5/h5-6H,2-3H2,1H3/t6-/m0/s1. The van der Waals surface area contributed by atoms with Crippen molar-refractivity contribution in [3.8, 4) is 6.07 Å². The first-order valence-corrected chi connectivity index (χ1v) is 2.81. The number of rotatable bonds is 2. The molecule has 1 fully saturated rings. The Morgan fingerprint density at radius 1 is 1.75 bits per heavy atom. The first kappa shape index (κ1) is 5.58. The Kier molecular flexibility index (Phi) is 1.50. The van der Waals surface area contributed by atoms with Gasteiger partial charge in [0.05, 0.1) is 6.07 Å². The third-order valence-electron chi connectivity index (χ3n) is 1.43. The SMILES string of the molecule is CO[C@@H](C#N)C1CC1. The normalized spacial score (nSPS) is 22.0. The molecule has 0 unspecified atom stereocenters. The second-order valence-electron chi connectivity index (χ2n) is 2.12. The van der Waals surface area contributed by atoms with Crippen molar-refractivity contribution in [1.82, 2.24) is 0 Å². The maximum absolute atomic E-state index is 8.36. The summed E-state index contributed by atoms with van der Waals surface area (Å²) in [7, 11) is 1.59. The van der Waals surface area contributed by atoms with Gasteiger partial charge in [0.2, 0.25) is 0 Å². The highest BCUT2D eigenvalue weighted by Crippen LogP contribution is 2.33. The second kappa shape index (κ2) is 2.15. The lowest BCUT2D eigenvalue weighted by atomic mass is 10.3. The van der Waals surface area contributed by atoms with Crippen LogP contribution in [0.2, 0.25) is 0 Å². The summed E-state index contributed by atoms with van der Waals surface area (Å²) in [5.74, 6) is 0.546. The summed E-state index contributed by atoms with van der Waals surface area (Å²) in [4.78, 5) is 0. The molecule has 0 N–H and O–H groups in total. The van der Waals surface area contributed by atoms with Gasteiger partial charge in [0.25, 0.3) is 0 Å². The molecule has 2 nitrogen and oxygen atoms in total. The van der Waals surface area contributed by atoms with Gasteiger partial charge in [-0.3, -0.25) is 0 Å². The highest BCUT2D eigenvalue weighted by Gasteiger charge is 2.30. The summed E-state index contributed by atoms with van der Waals surface area (Å²) >= 11 is 0. The van der Waals surface area contributed by atoms with Crippen molar-refractivity contribution in [1.29, 1.82) is 5.26 Å². The summed E-state index contributed by atoms with van der Waals surface area (Å²) in [6.07, 6.45) is 2.22. The molecule has 2 heteroatoms. The molecule has 0 aromatic rings. The molecule has 44 valence electrons. The first-order valence-electron chi connectivity index (χ1n) is 2.81. The van der Waals surface area contributed by atoms with Gasteiger partial charge in [-0.1, -0.05) is 0 Å². The predicted octanol–water partition coefficient (Wildman–Crippen LogP) is 0.935. The third-order valence-corrected chi connectivity index (χ3v) is 1.43. The van der Waals surface area contributed by atoms with E-state index >= 15 is 0 Å². The van der Waals surface area contributed by atoms with E-state index in [2.05, 4.69) is 6.07 Å². The van der Waals surface area contributed by atoms with E-state index in [1.54, 1.807) is 7.11 Å². The van der Waals surface area contributed by atoms with Crippen molar-refractivity contribution in [2.75, 3.05) is 7.11 Å². The molecule has 0 heterocycles. The fraction of sp³-hybridized carbons (Fsp3) is 0.833. The van der Waals surface area contributed by atoms with Gasteiger partial charge in [0, 0.05) is 7.11 Å². The van der Waals surface area contributed by atoms with Gasteiger partial charge in [0.15, 0.2) is 0 Å². The Labute approximate surface area is 49.1 Å². The second-order valence-corrected chi connectivity index (χ2v) is 2.12. The number of nitriles is 1. The van der Waals surface area contributed by atoms with Crippen LogP contribution in [0.5, 0.6) is 0 Å². The van der Waals surface area contributed by atoms with E-state index in [1.165, 1.54) is 12.8 Å². The molecular formula is C6H9NO. The number of nitrogens with zero attached hydrogens (tertiary/aromatic N) is 1. The van der Waals surface area contributed by atoms with Gasteiger partial charge in [-0.15, -0.1) is 0 Å². The van der Waals surface area contributed by atoms with Gasteiger partial charge in [-0.05, 0) is 18.8 Å². The zero-order valence-corrected chi connectivity index (χ0v) is 4.92. The molecule has 0 amide bonds. The fourth-order valence-corrected chi connectivity index (χ4v) is 0.750. The highest BCUT2D eigenvalue weighted by atomic mass is 16.5. The van der Waals surface area contributed by atoms with Crippen molar-refractivity contribution in [3.05, 3.63) is 0 Å². The predicted molar refractivity (Wildman–Crippen MR) is 29.1 cm³/mol. The van der Waals surface area contributed by atoms with Crippen molar-refractivity contribution in [3.63, 3.8) is 0 Å². The molecule has 0 aliphatic heterocycles. The van der Waals surface area contributed by atoms with E-state index in [1.807, 2.05) is 0 Å². The smallest absolute Gasteiger partial charge is 0.146 e. The summed E-state index contributed by atoms with van der Waals surface area (Å²) in [5, 5.41) is 8.36. The minimum atomic E-state index is -0.130. The number of hydrogen-bond acceptors (Lipinski definition) is 2. The lowest BCUT2D eigenvalue weighted by molar-refractivity contribution is 0.129. The fourth-order valence-electron chi connectivity index (χ4n) is 0.750. The summed E-state index contributed by atoms with van der Waals surface area (Å²) in [6.45, 7) is 0. The maximum Gasteiger partial charge on any atom is 0.146 e. The lowest BCUT2D eigenvalue weighted by Gasteiger charge is -2.00. The van der Waals surface area contributed by atoms with Crippen LogP contribution in [-0.4, -0.2) is 13.2 Å². The van der Waals surface area contributed by atoms with E-state index in [9.17, 15) is 0 Å². The topological polar surface area (TPSA) is 33.0 Å². The highest BCUT2D eigenvalue weighted by molar-refractivity contribution is 4.95. The molecule has 0 spiro atoms. The third kappa shape index (κ3) is 0.988. The molecule has 1 aliphatic carbocycles. The number of ether oxygens (including phenoxy) is 1. The molecule has 0 aromatic carbocycles. The Hall–Kier alpha value is -0.550. The monoisotopic (exact) mass is 111 g/mol. The molecule has 1 aliphatic rings. The van der Waals surface area contributed by atoms with Crippen LogP contribution in [0.15, 0.2) is 0 Å². The molecular weight excluding hydrogens is 102 g/mol. The molecule has 8 heavy (non-hydrogen) atoms. The van der Waals surface area contributed by atoms with E-state index < -0.39 is 0 Å². The van der Waals surface area contributed by atoms with Crippen molar-refractivity contribution < 1.29 is 4.74 Å². The van der Waals surface area contributed by atoms with E-state index in [4.69, 9.17) is 10.00 Å². The van der Waals surface area contributed by atoms with Crippen LogP contribution in [0.1, 0.15) is 12.8 Å². The Morgan fingerprint density at radius 2 is 2.38 bits per heavy atom. The zero-order valence-electron chi connectivity index (χ0n) is 4.92. The van der Waals surface area contributed by atoms with Crippen LogP contribution < -0.4 is 0 Å². The number of methoxy groups -OCH3 is 1. The van der Waals surface area contributed by atoms with Crippen LogP contribution in [0.25, 0.3) is 0 Å². The van der Waals surface area contributed by atoms with E-state index in [-0.39, 0.29) is 6.10 Å². The van der Waals surface area contributed by atoms with E-state index in [0.29, 0.717) is 5.92 Å². The molecule has 1 rings (SSSR count). The number of hydrogen-bond donors (Lipinski definition) is 0. The van der Waals surface area contributed by atoms with Crippen molar-refractivity contribution in [2.24, 2.45) is 5.92 Å². The quantitative estimate of drug-likeness (QED) is 0.531. The molecule has 0 aromatic heterocycles. The van der Waals surface area contributed by atoms with Crippen LogP contribution >= 0.6 is 0 Å². The minimum absolute atomic E-state index is 0.130. The average Bonchev–Trinajstić information content (AvgIpc) is 2.53. The summed E-state index contributed by atoms with van der Waals surface area (Å²) < 4.78 is 4.86. The molecule has 0 saturated heterocycles. The van der Waals surface area contributed by atoms with E-state index in [0.717, 1.165) is 0 Å². The summed E-state index contributed by atoms with van der Waals surface area (Å²) in [6, 6.07) is 2.09. The Bertz CT molecular complexity index is 112. The van der Waals surface area contributed by atoms with Crippen molar-refractivity contribution >= 4 is 0 Å². The Morgan fingerprint density at radius 3 is 2.50 bits per heavy atom. The summed E-state index contributed by atoms with van der Waals surface area (Å²) in [5.41, 5.74) is 0. The average molecular weight is 111 g/mol. The Balaban J connectivity index is 2.29. The van der Waals surface area contributed by atoms with Crippen LogP contribution in [0.3, 0.4) is 0 Å². The van der Waals surface area contributed by atoms with Gasteiger partial charge in [0.1, 0.15) is 6.10 Å². The molecule has 0 bridgehead atoms. The molecule has 1 saturated carbocycles. The largest absolute Gasteiger partial charge is 0.366 e. The van der Waals surface area contributed by atoms with Crippen molar-refractivity contribution in [2.45, 2.75) is 18.9 Å². The lowest BCUT2D eigenvalue weighted by Crippen LogP contribution is -2.08. The molecule has 0 radical (unpaired) electrons. The molecule has 1 atom stereocenters. The first-order chi connectivity index (χ1) is 3.88. The minimum Gasteiger partial charge on any atom is -0.366 e. The van der Waals surface area contributed by atoms with Gasteiger partial charge >= 0.3 is 0 Å². The maximum atomic E-state index is 8.36. The van der Waals surface area contributed by atoms with Gasteiger partial charge in [-0.25, -0.2) is 0 Å². The van der Waals surface area contributed by atoms with Gasteiger partial charge in [-0.2, -0.15) is 5.26 Å². The zero-order chi connectivity index (χ0) is 5.98. The van der Waals surface area contributed by atoms with Crippen LogP contribution in [0.4, 0.5) is 0 Å². The van der Waals surface area contributed by atoms with Crippen LogP contribution in [0, 0.1) is 17.2 Å².